The van der Waals surface area contributed by atoms with Crippen LogP contribution in [0.4, 0.5) is 11.8 Å². The number of rotatable bonds is 6. The van der Waals surface area contributed by atoms with Crippen LogP contribution in [0, 0.1) is 3.57 Å². The molecule has 0 aliphatic heterocycles. The third kappa shape index (κ3) is 4.35. The molecule has 0 spiro atoms. The van der Waals surface area contributed by atoms with E-state index in [0.717, 1.165) is 14.9 Å². The van der Waals surface area contributed by atoms with Crippen LogP contribution in [0.15, 0.2) is 18.3 Å². The maximum absolute atomic E-state index is 5.91. The first-order valence-electron chi connectivity index (χ1n) is 7.14. The van der Waals surface area contributed by atoms with E-state index >= 15 is 0 Å². The van der Waals surface area contributed by atoms with E-state index < -0.39 is 0 Å². The number of halogens is 1. The Hall–Kier alpha value is -1.81. The highest BCUT2D eigenvalue weighted by molar-refractivity contribution is 14.1. The predicted molar refractivity (Wildman–Crippen MR) is 98.7 cm³/mol. The molecule has 124 valence electrons. The van der Waals surface area contributed by atoms with Crippen molar-refractivity contribution in [3.05, 3.63) is 27.5 Å². The van der Waals surface area contributed by atoms with Crippen molar-refractivity contribution in [1.29, 1.82) is 0 Å². The Balaban J connectivity index is 2.38. The number of hydrogen-bond donors (Lipinski definition) is 3. The fraction of sp³-hybridized carbons (Fsp3) is 0.333. The van der Waals surface area contributed by atoms with Crippen molar-refractivity contribution in [2.24, 2.45) is 5.73 Å². The van der Waals surface area contributed by atoms with Gasteiger partial charge in [0.05, 0.1) is 9.77 Å². The van der Waals surface area contributed by atoms with E-state index in [0.29, 0.717) is 24.7 Å². The van der Waals surface area contributed by atoms with Gasteiger partial charge in [0.1, 0.15) is 18.1 Å². The van der Waals surface area contributed by atoms with Gasteiger partial charge in [-0.25, -0.2) is 4.98 Å². The number of benzene rings is 1. The van der Waals surface area contributed by atoms with Gasteiger partial charge in [0.15, 0.2) is 11.6 Å². The topological polar surface area (TPSA) is 122 Å². The summed E-state index contributed by atoms with van der Waals surface area (Å²) in [5, 5.41) is 0. The lowest BCUT2D eigenvalue weighted by Crippen LogP contribution is -2.11. The molecule has 0 radical (unpaired) electrons. The van der Waals surface area contributed by atoms with Crippen molar-refractivity contribution in [3.8, 4) is 17.2 Å². The second-order valence-corrected chi connectivity index (χ2v) is 6.35. The maximum Gasteiger partial charge on any atom is 0.222 e. The summed E-state index contributed by atoms with van der Waals surface area (Å²) < 4.78 is 12.5. The molecular weight excluding hydrogens is 409 g/mol. The van der Waals surface area contributed by atoms with Gasteiger partial charge in [-0.3, -0.25) is 0 Å². The lowest BCUT2D eigenvalue weighted by molar-refractivity contribution is 0.324. The lowest BCUT2D eigenvalue weighted by atomic mass is 10.0. The Morgan fingerprint density at radius 2 is 1.91 bits per heavy atom. The first-order chi connectivity index (χ1) is 10.9. The maximum atomic E-state index is 5.91. The molecule has 0 atom stereocenters. The molecule has 0 aliphatic rings. The average molecular weight is 429 g/mol. The minimum absolute atomic E-state index is 0.110. The minimum Gasteiger partial charge on any atom is -0.491 e. The van der Waals surface area contributed by atoms with Gasteiger partial charge in [0, 0.05) is 12.1 Å². The molecule has 0 saturated carbocycles. The fourth-order valence-corrected chi connectivity index (χ4v) is 2.56. The molecule has 0 fully saturated rings. The molecule has 6 N–H and O–H groups in total. The summed E-state index contributed by atoms with van der Waals surface area (Å²) in [5.74, 6) is 2.38. The van der Waals surface area contributed by atoms with Crippen molar-refractivity contribution in [2.75, 3.05) is 24.6 Å². The Labute approximate surface area is 148 Å². The summed E-state index contributed by atoms with van der Waals surface area (Å²) in [7, 11) is 0. The van der Waals surface area contributed by atoms with Crippen LogP contribution < -0.4 is 26.7 Å². The molecule has 7 nitrogen and oxygen atoms in total. The van der Waals surface area contributed by atoms with Crippen LogP contribution in [-0.2, 0) is 0 Å². The van der Waals surface area contributed by atoms with Crippen molar-refractivity contribution >= 4 is 34.4 Å². The lowest BCUT2D eigenvalue weighted by Gasteiger charge is -2.17. The van der Waals surface area contributed by atoms with Gasteiger partial charge in [0.2, 0.25) is 5.95 Å². The molecule has 1 heterocycles. The van der Waals surface area contributed by atoms with Gasteiger partial charge in [-0.05, 0) is 40.6 Å². The van der Waals surface area contributed by atoms with E-state index in [4.69, 9.17) is 26.7 Å². The Kier molecular flexibility index (Phi) is 5.83. The van der Waals surface area contributed by atoms with Gasteiger partial charge in [-0.2, -0.15) is 4.98 Å². The number of anilines is 2. The number of aromatic nitrogens is 2. The molecule has 0 bridgehead atoms. The number of nitrogen functional groups attached to an aromatic ring is 2. The molecule has 0 saturated heterocycles. The highest BCUT2D eigenvalue weighted by Crippen LogP contribution is 2.37. The van der Waals surface area contributed by atoms with E-state index in [1.165, 1.54) is 6.20 Å². The second-order valence-electron chi connectivity index (χ2n) is 5.19. The summed E-state index contributed by atoms with van der Waals surface area (Å²) in [6.45, 7) is 5.08. The van der Waals surface area contributed by atoms with Crippen LogP contribution in [0.1, 0.15) is 25.3 Å². The van der Waals surface area contributed by atoms with Crippen LogP contribution >= 0.6 is 22.6 Å². The van der Waals surface area contributed by atoms with E-state index in [9.17, 15) is 0 Å². The zero-order chi connectivity index (χ0) is 17.0. The van der Waals surface area contributed by atoms with Gasteiger partial charge in [-0.15, -0.1) is 0 Å². The molecular formula is C15H20IN5O2. The monoisotopic (exact) mass is 429 g/mol. The Morgan fingerprint density at radius 1 is 1.17 bits per heavy atom. The molecule has 8 heteroatoms. The van der Waals surface area contributed by atoms with Gasteiger partial charge in [-0.1, -0.05) is 13.8 Å². The van der Waals surface area contributed by atoms with Crippen molar-refractivity contribution in [3.63, 3.8) is 0 Å². The smallest absolute Gasteiger partial charge is 0.222 e. The quantitative estimate of drug-likeness (QED) is 0.603. The van der Waals surface area contributed by atoms with Crippen LogP contribution in [0.2, 0.25) is 0 Å². The standard InChI is InChI=1S/C15H20IN5O2/c1-8(2)9-5-12(22-4-3-17)10(16)6-11(9)23-13-7-20-15(19)21-14(13)18/h5-8H,3-4,17H2,1-2H3,(H4,18,19,20,21). The molecule has 2 rings (SSSR count). The molecule has 1 aromatic heterocycles. The fourth-order valence-electron chi connectivity index (χ4n) is 1.97. The third-order valence-electron chi connectivity index (χ3n) is 3.08. The predicted octanol–water partition coefficient (Wildman–Crippen LogP) is 2.50. The van der Waals surface area contributed by atoms with Gasteiger partial charge >= 0.3 is 0 Å². The van der Waals surface area contributed by atoms with Crippen molar-refractivity contribution in [1.82, 2.24) is 9.97 Å². The Morgan fingerprint density at radius 3 is 2.52 bits per heavy atom. The summed E-state index contributed by atoms with van der Waals surface area (Å²) in [6.07, 6.45) is 1.47. The SMILES string of the molecule is CC(C)c1cc(OCCN)c(I)cc1Oc1cnc(N)nc1N. The molecule has 1 aromatic carbocycles. The zero-order valence-corrected chi connectivity index (χ0v) is 15.2. The van der Waals surface area contributed by atoms with E-state index in [1.54, 1.807) is 0 Å². The average Bonchev–Trinajstić information content (AvgIpc) is 2.49. The normalized spacial score (nSPS) is 10.8. The van der Waals surface area contributed by atoms with E-state index in [-0.39, 0.29) is 17.7 Å². The van der Waals surface area contributed by atoms with Crippen LogP contribution in [0.25, 0.3) is 0 Å². The van der Waals surface area contributed by atoms with Gasteiger partial charge < -0.3 is 26.7 Å². The van der Waals surface area contributed by atoms with Crippen LogP contribution in [0.5, 0.6) is 17.2 Å². The first kappa shape index (κ1) is 17.5. The molecule has 0 aliphatic carbocycles. The highest BCUT2D eigenvalue weighted by atomic mass is 127. The Bertz CT molecular complexity index is 694. The number of nitrogens with zero attached hydrogens (tertiary/aromatic N) is 2. The van der Waals surface area contributed by atoms with E-state index in [2.05, 4.69) is 46.4 Å². The first-order valence-corrected chi connectivity index (χ1v) is 8.22. The number of nitrogens with two attached hydrogens (primary N) is 3. The highest BCUT2D eigenvalue weighted by Gasteiger charge is 2.16. The van der Waals surface area contributed by atoms with Crippen LogP contribution in [0.3, 0.4) is 0 Å². The second kappa shape index (κ2) is 7.64. The summed E-state index contributed by atoms with van der Waals surface area (Å²) in [4.78, 5) is 7.82. The summed E-state index contributed by atoms with van der Waals surface area (Å²) in [6, 6.07) is 3.86. The molecule has 0 amide bonds. The van der Waals surface area contributed by atoms with Crippen molar-refractivity contribution < 1.29 is 9.47 Å². The molecule has 0 unspecified atom stereocenters. The summed E-state index contributed by atoms with van der Waals surface area (Å²) in [5.41, 5.74) is 17.8. The summed E-state index contributed by atoms with van der Waals surface area (Å²) >= 11 is 2.19. The van der Waals surface area contributed by atoms with Gasteiger partial charge in [0.25, 0.3) is 0 Å². The third-order valence-corrected chi connectivity index (χ3v) is 3.93. The molecule has 2 aromatic rings. The minimum atomic E-state index is 0.110. The largest absolute Gasteiger partial charge is 0.491 e. The van der Waals surface area contributed by atoms with E-state index in [1.807, 2.05) is 12.1 Å². The van der Waals surface area contributed by atoms with Crippen LogP contribution in [-0.4, -0.2) is 23.1 Å². The zero-order valence-electron chi connectivity index (χ0n) is 13.0. The number of ether oxygens (including phenoxy) is 2. The molecule has 23 heavy (non-hydrogen) atoms. The van der Waals surface area contributed by atoms with Crippen molar-refractivity contribution in [2.45, 2.75) is 19.8 Å². The number of hydrogen-bond acceptors (Lipinski definition) is 7.